The first-order valence-electron chi connectivity index (χ1n) is 8.91. The molecule has 29 heavy (non-hydrogen) atoms. The van der Waals surface area contributed by atoms with E-state index < -0.39 is 17.9 Å². The predicted octanol–water partition coefficient (Wildman–Crippen LogP) is 2.46. The number of aliphatic hydroxyl groups excluding tert-OH is 1. The minimum atomic E-state index is -0.956. The maximum Gasteiger partial charge on any atom is 0.313 e. The molecule has 2 amide bonds. The summed E-state index contributed by atoms with van der Waals surface area (Å²) in [5.41, 5.74) is 1.89. The van der Waals surface area contributed by atoms with Crippen LogP contribution in [0, 0.1) is 0 Å². The molecule has 4 rings (SSSR count). The number of carbonyl (C=O) groups excluding carboxylic acids is 2. The van der Waals surface area contributed by atoms with Crippen LogP contribution in [0.1, 0.15) is 11.7 Å². The van der Waals surface area contributed by atoms with Gasteiger partial charge in [-0.1, -0.05) is 24.3 Å². The van der Waals surface area contributed by atoms with Gasteiger partial charge in [0.2, 0.25) is 6.79 Å². The largest absolute Gasteiger partial charge is 0.464 e. The Balaban J connectivity index is 1.30. The van der Waals surface area contributed by atoms with Crippen molar-refractivity contribution in [2.45, 2.75) is 6.10 Å². The molecule has 0 bridgehead atoms. The molecule has 3 aromatic rings. The molecule has 1 aromatic heterocycles. The fraction of sp³-hybridized carbons (Fsp3) is 0.143. The van der Waals surface area contributed by atoms with E-state index in [9.17, 15) is 14.7 Å². The number of hydrogen-bond donors (Lipinski definition) is 3. The number of rotatable bonds is 5. The van der Waals surface area contributed by atoms with Gasteiger partial charge < -0.3 is 29.6 Å². The lowest BCUT2D eigenvalue weighted by atomic mass is 10.1. The normalized spacial score (nSPS) is 13.0. The van der Waals surface area contributed by atoms with Gasteiger partial charge in [-0.2, -0.15) is 0 Å². The Morgan fingerprint density at radius 1 is 1.00 bits per heavy atom. The van der Waals surface area contributed by atoms with E-state index in [0.717, 1.165) is 11.3 Å². The predicted molar refractivity (Wildman–Crippen MR) is 103 cm³/mol. The second-order valence-corrected chi connectivity index (χ2v) is 6.35. The number of benzene rings is 2. The first-order valence-corrected chi connectivity index (χ1v) is 8.91. The number of nitrogens with one attached hydrogen (secondary N) is 2. The number of hydrogen-bond acceptors (Lipinski definition) is 6. The molecular weight excluding hydrogens is 376 g/mol. The average Bonchev–Trinajstić information content (AvgIpc) is 3.43. The molecule has 1 aliphatic heterocycles. The van der Waals surface area contributed by atoms with Gasteiger partial charge in [0, 0.05) is 23.9 Å². The first kappa shape index (κ1) is 18.6. The highest BCUT2D eigenvalue weighted by Gasteiger charge is 2.18. The highest BCUT2D eigenvalue weighted by Crippen LogP contribution is 2.34. The Hall–Kier alpha value is -3.78. The molecule has 0 aliphatic carbocycles. The summed E-state index contributed by atoms with van der Waals surface area (Å²) >= 11 is 0. The van der Waals surface area contributed by atoms with Crippen LogP contribution in [-0.4, -0.2) is 30.3 Å². The molecule has 3 N–H and O–H groups in total. The van der Waals surface area contributed by atoms with Crippen LogP contribution in [0.2, 0.25) is 0 Å². The second-order valence-electron chi connectivity index (χ2n) is 6.35. The number of carbonyl (C=O) groups is 2. The SMILES string of the molecule is O=C(NC[C@@H](O)c1ccc(-c2ccco2)cc1)C(=O)Nc1ccc2c(c1)OCO2. The van der Waals surface area contributed by atoms with Gasteiger partial charge in [0.25, 0.3) is 0 Å². The molecule has 8 heteroatoms. The number of anilines is 1. The molecule has 2 heterocycles. The fourth-order valence-corrected chi connectivity index (χ4v) is 2.86. The molecule has 0 radical (unpaired) electrons. The zero-order chi connectivity index (χ0) is 20.2. The van der Waals surface area contributed by atoms with Crippen LogP contribution < -0.4 is 20.1 Å². The summed E-state index contributed by atoms with van der Waals surface area (Å²) in [6.07, 6.45) is 0.630. The van der Waals surface area contributed by atoms with Gasteiger partial charge in [-0.05, 0) is 29.8 Å². The van der Waals surface area contributed by atoms with Gasteiger partial charge in [-0.25, -0.2) is 0 Å². The Labute approximate surface area is 166 Å². The van der Waals surface area contributed by atoms with E-state index >= 15 is 0 Å². The highest BCUT2D eigenvalue weighted by atomic mass is 16.7. The van der Waals surface area contributed by atoms with Gasteiger partial charge in [0.15, 0.2) is 11.5 Å². The molecule has 0 saturated carbocycles. The van der Waals surface area contributed by atoms with Gasteiger partial charge in [0.1, 0.15) is 5.76 Å². The van der Waals surface area contributed by atoms with Crippen molar-refractivity contribution >= 4 is 17.5 Å². The van der Waals surface area contributed by atoms with Crippen molar-refractivity contribution in [1.82, 2.24) is 5.32 Å². The van der Waals surface area contributed by atoms with Crippen molar-refractivity contribution in [1.29, 1.82) is 0 Å². The molecule has 8 nitrogen and oxygen atoms in total. The zero-order valence-electron chi connectivity index (χ0n) is 15.3. The van der Waals surface area contributed by atoms with E-state index in [1.165, 1.54) is 0 Å². The topological polar surface area (TPSA) is 110 Å². The van der Waals surface area contributed by atoms with Crippen LogP contribution in [0.15, 0.2) is 65.3 Å². The molecule has 0 fully saturated rings. The summed E-state index contributed by atoms with van der Waals surface area (Å²) in [7, 11) is 0. The van der Waals surface area contributed by atoms with Crippen molar-refractivity contribution in [2.75, 3.05) is 18.7 Å². The molecule has 0 unspecified atom stereocenters. The van der Waals surface area contributed by atoms with E-state index in [0.29, 0.717) is 22.7 Å². The number of aliphatic hydroxyl groups is 1. The van der Waals surface area contributed by atoms with E-state index in [2.05, 4.69) is 10.6 Å². The number of amides is 2. The van der Waals surface area contributed by atoms with Crippen molar-refractivity contribution < 1.29 is 28.6 Å². The van der Waals surface area contributed by atoms with Crippen molar-refractivity contribution in [3.63, 3.8) is 0 Å². The van der Waals surface area contributed by atoms with Crippen molar-refractivity contribution in [3.8, 4) is 22.8 Å². The molecule has 1 aliphatic rings. The summed E-state index contributed by atoms with van der Waals surface area (Å²) < 4.78 is 15.7. The van der Waals surface area contributed by atoms with E-state index in [1.807, 2.05) is 18.2 Å². The Kier molecular flexibility index (Phi) is 5.17. The van der Waals surface area contributed by atoms with Crippen LogP contribution in [0.25, 0.3) is 11.3 Å². The zero-order valence-corrected chi connectivity index (χ0v) is 15.3. The van der Waals surface area contributed by atoms with Crippen molar-refractivity contribution in [3.05, 3.63) is 66.4 Å². The Bertz CT molecular complexity index is 1010. The monoisotopic (exact) mass is 394 g/mol. The third-order valence-corrected chi connectivity index (χ3v) is 4.39. The summed E-state index contributed by atoms with van der Waals surface area (Å²) in [6.45, 7) is 0.0150. The third-order valence-electron chi connectivity index (χ3n) is 4.39. The third kappa shape index (κ3) is 4.22. The molecular formula is C21H18N2O6. The average molecular weight is 394 g/mol. The van der Waals surface area contributed by atoms with Gasteiger partial charge >= 0.3 is 11.8 Å². The smallest absolute Gasteiger partial charge is 0.313 e. The Morgan fingerprint density at radius 3 is 2.55 bits per heavy atom. The molecule has 2 aromatic carbocycles. The first-order chi connectivity index (χ1) is 14.1. The number of fused-ring (bicyclic) bond motifs is 1. The van der Waals surface area contributed by atoms with E-state index in [1.54, 1.807) is 42.7 Å². The van der Waals surface area contributed by atoms with Gasteiger partial charge in [0.05, 0.1) is 12.4 Å². The van der Waals surface area contributed by atoms with E-state index in [-0.39, 0.29) is 13.3 Å². The van der Waals surface area contributed by atoms with Crippen LogP contribution in [-0.2, 0) is 9.59 Å². The molecule has 1 atom stereocenters. The summed E-state index contributed by atoms with van der Waals surface area (Å²) in [4.78, 5) is 24.1. The molecule has 0 saturated heterocycles. The minimum absolute atomic E-state index is 0.104. The maximum atomic E-state index is 12.1. The van der Waals surface area contributed by atoms with Crippen LogP contribution in [0.5, 0.6) is 11.5 Å². The lowest BCUT2D eigenvalue weighted by molar-refractivity contribution is -0.136. The summed E-state index contributed by atoms with van der Waals surface area (Å²) in [5.74, 6) is 0.1000. The summed E-state index contributed by atoms with van der Waals surface area (Å²) in [5, 5.41) is 15.2. The fourth-order valence-electron chi connectivity index (χ4n) is 2.86. The van der Waals surface area contributed by atoms with Crippen LogP contribution in [0.3, 0.4) is 0 Å². The lowest BCUT2D eigenvalue weighted by Crippen LogP contribution is -2.37. The molecule has 0 spiro atoms. The lowest BCUT2D eigenvalue weighted by Gasteiger charge is -2.13. The van der Waals surface area contributed by atoms with Crippen LogP contribution in [0.4, 0.5) is 5.69 Å². The van der Waals surface area contributed by atoms with E-state index in [4.69, 9.17) is 13.9 Å². The van der Waals surface area contributed by atoms with Gasteiger partial charge in [-0.3, -0.25) is 9.59 Å². The molecule has 148 valence electrons. The second kappa shape index (κ2) is 8.07. The van der Waals surface area contributed by atoms with Crippen molar-refractivity contribution in [2.24, 2.45) is 0 Å². The maximum absolute atomic E-state index is 12.1. The summed E-state index contributed by atoms with van der Waals surface area (Å²) in [6, 6.07) is 15.6. The minimum Gasteiger partial charge on any atom is -0.464 e. The standard InChI is InChI=1S/C21H18N2O6/c24-16(13-3-5-14(6-4-13)17-2-1-9-27-17)11-22-20(25)21(26)23-15-7-8-18-19(10-15)29-12-28-18/h1-10,16,24H,11-12H2,(H,22,25)(H,23,26)/t16-/m1/s1. The van der Waals surface area contributed by atoms with Gasteiger partial charge in [-0.15, -0.1) is 0 Å². The number of ether oxygens (including phenoxy) is 2. The number of furan rings is 1. The Morgan fingerprint density at radius 2 is 1.79 bits per heavy atom. The quantitative estimate of drug-likeness (QED) is 0.574. The highest BCUT2D eigenvalue weighted by molar-refractivity contribution is 6.39. The van der Waals surface area contributed by atoms with Crippen LogP contribution >= 0.6 is 0 Å².